The molecule has 0 unspecified atom stereocenters. The van der Waals surface area contributed by atoms with Crippen molar-refractivity contribution in [3.8, 4) is 0 Å². The molecule has 0 N–H and O–H groups in total. The van der Waals surface area contributed by atoms with Crippen LogP contribution in [0.3, 0.4) is 0 Å². The number of nitrogens with zero attached hydrogens (tertiary/aromatic N) is 2. The summed E-state index contributed by atoms with van der Waals surface area (Å²) in [5.74, 6) is 2.88. The summed E-state index contributed by atoms with van der Waals surface area (Å²) in [5.41, 5.74) is 0. The van der Waals surface area contributed by atoms with Gasteiger partial charge in [0, 0.05) is 19.3 Å². The standard InChI is InChI=1S/C13H20N2/c1-11(2)12-6-9-15(10-7-12)13-5-3-4-8-14-13/h3-5,8,11-12H,6-7,9-10H2,1-2H3. The van der Waals surface area contributed by atoms with E-state index in [0.29, 0.717) is 0 Å². The number of aromatic nitrogens is 1. The molecule has 1 saturated heterocycles. The lowest BCUT2D eigenvalue weighted by molar-refractivity contribution is 0.310. The van der Waals surface area contributed by atoms with Crippen LogP contribution in [0, 0.1) is 11.8 Å². The maximum atomic E-state index is 4.40. The van der Waals surface area contributed by atoms with Crippen molar-refractivity contribution >= 4 is 5.82 Å². The van der Waals surface area contributed by atoms with Crippen LogP contribution < -0.4 is 4.90 Å². The number of hydrogen-bond acceptors (Lipinski definition) is 2. The fourth-order valence-corrected chi connectivity index (χ4v) is 2.34. The van der Waals surface area contributed by atoms with Crippen LogP contribution in [0.4, 0.5) is 5.82 Å². The van der Waals surface area contributed by atoms with Crippen LogP contribution in [0.1, 0.15) is 26.7 Å². The predicted octanol–water partition coefficient (Wildman–Crippen LogP) is 2.95. The fourth-order valence-electron chi connectivity index (χ4n) is 2.34. The molecule has 0 atom stereocenters. The molecule has 2 rings (SSSR count). The Hall–Kier alpha value is -1.05. The van der Waals surface area contributed by atoms with Crippen LogP contribution in [-0.2, 0) is 0 Å². The van der Waals surface area contributed by atoms with Crippen LogP contribution in [0.5, 0.6) is 0 Å². The van der Waals surface area contributed by atoms with Gasteiger partial charge in [-0.2, -0.15) is 0 Å². The van der Waals surface area contributed by atoms with E-state index in [2.05, 4.69) is 35.9 Å². The fraction of sp³-hybridized carbons (Fsp3) is 0.615. The first-order valence-electron chi connectivity index (χ1n) is 5.93. The third kappa shape index (κ3) is 2.49. The number of anilines is 1. The van der Waals surface area contributed by atoms with Gasteiger partial charge in [-0.25, -0.2) is 4.98 Å². The zero-order valence-corrected chi connectivity index (χ0v) is 9.69. The molecule has 1 aromatic heterocycles. The summed E-state index contributed by atoms with van der Waals surface area (Å²) >= 11 is 0. The average molecular weight is 204 g/mol. The topological polar surface area (TPSA) is 16.1 Å². The third-order valence-corrected chi connectivity index (χ3v) is 3.46. The lowest BCUT2D eigenvalue weighted by Gasteiger charge is -2.34. The van der Waals surface area contributed by atoms with E-state index in [-0.39, 0.29) is 0 Å². The van der Waals surface area contributed by atoms with E-state index < -0.39 is 0 Å². The molecule has 15 heavy (non-hydrogen) atoms. The first-order chi connectivity index (χ1) is 7.27. The van der Waals surface area contributed by atoms with Crippen molar-refractivity contribution in [3.63, 3.8) is 0 Å². The highest BCUT2D eigenvalue weighted by Gasteiger charge is 2.21. The van der Waals surface area contributed by atoms with Gasteiger partial charge < -0.3 is 4.90 Å². The van der Waals surface area contributed by atoms with Crippen molar-refractivity contribution in [2.24, 2.45) is 11.8 Å². The Morgan fingerprint density at radius 2 is 2.00 bits per heavy atom. The molecule has 2 heteroatoms. The molecule has 1 fully saturated rings. The van der Waals surface area contributed by atoms with Crippen molar-refractivity contribution in [1.82, 2.24) is 4.98 Å². The summed E-state index contributed by atoms with van der Waals surface area (Å²) in [4.78, 5) is 6.80. The van der Waals surface area contributed by atoms with E-state index in [1.54, 1.807) is 0 Å². The number of pyridine rings is 1. The molecular weight excluding hydrogens is 184 g/mol. The van der Waals surface area contributed by atoms with E-state index in [4.69, 9.17) is 0 Å². The van der Waals surface area contributed by atoms with Crippen molar-refractivity contribution in [2.45, 2.75) is 26.7 Å². The van der Waals surface area contributed by atoms with Gasteiger partial charge >= 0.3 is 0 Å². The van der Waals surface area contributed by atoms with E-state index in [0.717, 1.165) is 17.7 Å². The second-order valence-electron chi connectivity index (χ2n) is 4.76. The highest BCUT2D eigenvalue weighted by Crippen LogP contribution is 2.26. The van der Waals surface area contributed by atoms with Crippen LogP contribution in [-0.4, -0.2) is 18.1 Å². The molecule has 0 saturated carbocycles. The Morgan fingerprint density at radius 1 is 1.27 bits per heavy atom. The Kier molecular flexibility index (Phi) is 3.24. The summed E-state index contributed by atoms with van der Waals surface area (Å²) < 4.78 is 0. The Labute approximate surface area is 92.3 Å². The van der Waals surface area contributed by atoms with Crippen molar-refractivity contribution in [2.75, 3.05) is 18.0 Å². The van der Waals surface area contributed by atoms with Crippen molar-refractivity contribution < 1.29 is 0 Å². The van der Waals surface area contributed by atoms with Gasteiger partial charge in [0.25, 0.3) is 0 Å². The lowest BCUT2D eigenvalue weighted by atomic mass is 9.87. The minimum Gasteiger partial charge on any atom is -0.357 e. The first kappa shape index (κ1) is 10.5. The second kappa shape index (κ2) is 4.65. The smallest absolute Gasteiger partial charge is 0.128 e. The molecule has 0 radical (unpaired) electrons. The van der Waals surface area contributed by atoms with Crippen LogP contribution in [0.15, 0.2) is 24.4 Å². The zero-order chi connectivity index (χ0) is 10.7. The van der Waals surface area contributed by atoms with E-state index in [1.165, 1.54) is 25.9 Å². The normalized spacial score (nSPS) is 18.5. The number of hydrogen-bond donors (Lipinski definition) is 0. The minimum atomic E-state index is 0.830. The second-order valence-corrected chi connectivity index (χ2v) is 4.76. The average Bonchev–Trinajstić information content (AvgIpc) is 2.30. The first-order valence-corrected chi connectivity index (χ1v) is 5.93. The summed E-state index contributed by atoms with van der Waals surface area (Å²) in [6, 6.07) is 6.15. The van der Waals surface area contributed by atoms with E-state index >= 15 is 0 Å². The molecule has 1 aliphatic rings. The molecular formula is C13H20N2. The quantitative estimate of drug-likeness (QED) is 0.736. The zero-order valence-electron chi connectivity index (χ0n) is 9.69. The molecule has 82 valence electrons. The van der Waals surface area contributed by atoms with Crippen LogP contribution in [0.25, 0.3) is 0 Å². The molecule has 0 bridgehead atoms. The van der Waals surface area contributed by atoms with Gasteiger partial charge in [0.05, 0.1) is 0 Å². The maximum absolute atomic E-state index is 4.40. The molecule has 1 aliphatic heterocycles. The Bertz CT molecular complexity index is 287. The van der Waals surface area contributed by atoms with Crippen LogP contribution >= 0.6 is 0 Å². The number of piperidine rings is 1. The van der Waals surface area contributed by atoms with Gasteiger partial charge in [-0.1, -0.05) is 19.9 Å². The van der Waals surface area contributed by atoms with Crippen LogP contribution in [0.2, 0.25) is 0 Å². The monoisotopic (exact) mass is 204 g/mol. The highest BCUT2D eigenvalue weighted by molar-refractivity contribution is 5.37. The molecule has 2 nitrogen and oxygen atoms in total. The molecule has 1 aromatic rings. The van der Waals surface area contributed by atoms with Gasteiger partial charge in [0.15, 0.2) is 0 Å². The molecule has 0 aromatic carbocycles. The summed E-state index contributed by atoms with van der Waals surface area (Å²) in [6.07, 6.45) is 4.51. The van der Waals surface area contributed by atoms with Crippen molar-refractivity contribution in [1.29, 1.82) is 0 Å². The molecule has 0 aliphatic carbocycles. The Balaban J connectivity index is 1.94. The van der Waals surface area contributed by atoms with Gasteiger partial charge in [0.1, 0.15) is 5.82 Å². The number of rotatable bonds is 2. The van der Waals surface area contributed by atoms with E-state index in [1.807, 2.05) is 12.3 Å². The lowest BCUT2D eigenvalue weighted by Crippen LogP contribution is -2.35. The molecule has 0 amide bonds. The van der Waals surface area contributed by atoms with Crippen molar-refractivity contribution in [3.05, 3.63) is 24.4 Å². The van der Waals surface area contributed by atoms with Gasteiger partial charge in [-0.15, -0.1) is 0 Å². The summed E-state index contributed by atoms with van der Waals surface area (Å²) in [5, 5.41) is 0. The van der Waals surface area contributed by atoms with Gasteiger partial charge in [-0.3, -0.25) is 0 Å². The summed E-state index contributed by atoms with van der Waals surface area (Å²) in [7, 11) is 0. The largest absolute Gasteiger partial charge is 0.357 e. The minimum absolute atomic E-state index is 0.830. The molecule has 2 heterocycles. The Morgan fingerprint density at radius 3 is 2.53 bits per heavy atom. The SMILES string of the molecule is CC(C)C1CCN(c2ccccn2)CC1. The highest BCUT2D eigenvalue weighted by atomic mass is 15.2. The van der Waals surface area contributed by atoms with Gasteiger partial charge in [0.2, 0.25) is 0 Å². The molecule has 0 spiro atoms. The third-order valence-electron chi connectivity index (χ3n) is 3.46. The predicted molar refractivity (Wildman–Crippen MR) is 64.0 cm³/mol. The summed E-state index contributed by atoms with van der Waals surface area (Å²) in [6.45, 7) is 7.00. The van der Waals surface area contributed by atoms with E-state index in [9.17, 15) is 0 Å². The maximum Gasteiger partial charge on any atom is 0.128 e. The van der Waals surface area contributed by atoms with Gasteiger partial charge in [-0.05, 0) is 36.8 Å².